The van der Waals surface area contributed by atoms with E-state index in [0.29, 0.717) is 18.4 Å². The molecule has 2 aromatic carbocycles. The molecule has 0 radical (unpaired) electrons. The van der Waals surface area contributed by atoms with Crippen LogP contribution in [0.15, 0.2) is 46.9 Å². The van der Waals surface area contributed by atoms with E-state index in [1.807, 2.05) is 31.2 Å². The Morgan fingerprint density at radius 1 is 1.12 bits per heavy atom. The second kappa shape index (κ2) is 6.61. The Kier molecular flexibility index (Phi) is 4.17. The van der Waals surface area contributed by atoms with Crippen molar-refractivity contribution in [2.75, 3.05) is 13.2 Å². The molecule has 1 aliphatic rings. The van der Waals surface area contributed by atoms with Gasteiger partial charge in [-0.1, -0.05) is 30.3 Å². The Morgan fingerprint density at radius 2 is 2.00 bits per heavy atom. The van der Waals surface area contributed by atoms with Crippen molar-refractivity contribution in [1.29, 1.82) is 0 Å². The molecule has 124 valence electrons. The van der Waals surface area contributed by atoms with Gasteiger partial charge in [-0.25, -0.2) is 0 Å². The highest BCUT2D eigenvalue weighted by Crippen LogP contribution is 2.28. The fraction of sp³-hybridized carbons (Fsp3) is 0.368. The van der Waals surface area contributed by atoms with Crippen LogP contribution in [0.3, 0.4) is 0 Å². The van der Waals surface area contributed by atoms with Crippen molar-refractivity contribution < 1.29 is 13.9 Å². The van der Waals surface area contributed by atoms with Crippen LogP contribution in [0.4, 0.5) is 0 Å². The molecule has 1 aliphatic heterocycles. The molecule has 0 saturated carbocycles. The monoisotopic (exact) mass is 324 g/mol. The molecule has 4 rings (SSSR count). The Morgan fingerprint density at radius 3 is 2.83 bits per heavy atom. The fourth-order valence-corrected chi connectivity index (χ4v) is 3.01. The lowest BCUT2D eigenvalue weighted by Crippen LogP contribution is -2.15. The van der Waals surface area contributed by atoms with Crippen LogP contribution in [0, 0.1) is 0 Å². The summed E-state index contributed by atoms with van der Waals surface area (Å²) in [7, 11) is 0. The second-order valence-electron chi connectivity index (χ2n) is 6.16. The molecule has 0 N–H and O–H groups in total. The molecule has 0 bridgehead atoms. The number of ether oxygens (including phenoxy) is 2. The SMILES string of the molecule is C[C@H](Oc1ccc2ccccc2c1)c1nnc([C@@H]2CCCOC2)o1. The van der Waals surface area contributed by atoms with Crippen molar-refractivity contribution >= 4 is 10.8 Å². The fourth-order valence-electron chi connectivity index (χ4n) is 3.01. The number of hydrogen-bond donors (Lipinski definition) is 0. The molecule has 1 fully saturated rings. The molecule has 0 aliphatic carbocycles. The van der Waals surface area contributed by atoms with Gasteiger partial charge in [0.05, 0.1) is 12.5 Å². The van der Waals surface area contributed by atoms with Gasteiger partial charge >= 0.3 is 0 Å². The van der Waals surface area contributed by atoms with E-state index in [9.17, 15) is 0 Å². The predicted octanol–water partition coefficient (Wildman–Crippen LogP) is 4.26. The van der Waals surface area contributed by atoms with Gasteiger partial charge in [-0.05, 0) is 42.7 Å². The standard InChI is InChI=1S/C19H20N2O3/c1-13(18-20-21-19(24-18)16-7-4-10-22-12-16)23-17-9-8-14-5-2-3-6-15(14)11-17/h2-3,5-6,8-9,11,13,16H,4,7,10,12H2,1H3/t13-,16+/m0/s1. The summed E-state index contributed by atoms with van der Waals surface area (Å²) in [5, 5.41) is 10.7. The van der Waals surface area contributed by atoms with Gasteiger partial charge in [0, 0.05) is 6.61 Å². The Labute approximate surface area is 140 Å². The van der Waals surface area contributed by atoms with E-state index in [1.165, 1.54) is 5.39 Å². The summed E-state index contributed by atoms with van der Waals surface area (Å²) in [5.41, 5.74) is 0. The van der Waals surface area contributed by atoms with Crippen molar-refractivity contribution in [1.82, 2.24) is 10.2 Å². The Hall–Kier alpha value is -2.40. The maximum absolute atomic E-state index is 5.98. The molecule has 1 saturated heterocycles. The van der Waals surface area contributed by atoms with Crippen LogP contribution in [0.1, 0.15) is 43.6 Å². The van der Waals surface area contributed by atoms with E-state index in [1.54, 1.807) is 0 Å². The van der Waals surface area contributed by atoms with Gasteiger partial charge in [0.1, 0.15) is 5.75 Å². The van der Waals surface area contributed by atoms with Gasteiger partial charge in [-0.3, -0.25) is 0 Å². The topological polar surface area (TPSA) is 57.4 Å². The first kappa shape index (κ1) is 15.1. The molecule has 5 nitrogen and oxygen atoms in total. The van der Waals surface area contributed by atoms with Crippen LogP contribution in [0.5, 0.6) is 5.75 Å². The zero-order valence-electron chi connectivity index (χ0n) is 13.6. The molecular weight excluding hydrogens is 304 g/mol. The van der Waals surface area contributed by atoms with E-state index in [-0.39, 0.29) is 12.0 Å². The number of hydrogen-bond acceptors (Lipinski definition) is 5. The summed E-state index contributed by atoms with van der Waals surface area (Å²) in [6, 6.07) is 14.2. The van der Waals surface area contributed by atoms with Gasteiger partial charge in [0.15, 0.2) is 6.10 Å². The summed E-state index contributed by atoms with van der Waals surface area (Å²) in [5.74, 6) is 2.15. The Bertz CT molecular complexity index is 824. The zero-order chi connectivity index (χ0) is 16.4. The Balaban J connectivity index is 1.48. The minimum absolute atomic E-state index is 0.202. The summed E-state index contributed by atoms with van der Waals surface area (Å²) < 4.78 is 17.3. The van der Waals surface area contributed by atoms with Crippen LogP contribution in [0.25, 0.3) is 10.8 Å². The lowest BCUT2D eigenvalue weighted by molar-refractivity contribution is 0.0710. The van der Waals surface area contributed by atoms with Crippen molar-refractivity contribution in [3.8, 4) is 5.75 Å². The molecule has 0 unspecified atom stereocenters. The minimum Gasteiger partial charge on any atom is -0.481 e. The first-order valence-electron chi connectivity index (χ1n) is 8.36. The predicted molar refractivity (Wildman–Crippen MR) is 90.1 cm³/mol. The van der Waals surface area contributed by atoms with Crippen LogP contribution in [-0.4, -0.2) is 23.4 Å². The number of benzene rings is 2. The largest absolute Gasteiger partial charge is 0.481 e. The van der Waals surface area contributed by atoms with Gasteiger partial charge < -0.3 is 13.9 Å². The second-order valence-corrected chi connectivity index (χ2v) is 6.16. The summed E-state index contributed by atoms with van der Waals surface area (Å²) in [6.07, 6.45) is 1.77. The number of fused-ring (bicyclic) bond motifs is 1. The van der Waals surface area contributed by atoms with E-state index in [2.05, 4.69) is 28.4 Å². The smallest absolute Gasteiger partial charge is 0.256 e. The first-order chi connectivity index (χ1) is 11.8. The summed E-state index contributed by atoms with van der Waals surface area (Å²) in [4.78, 5) is 0. The third-order valence-corrected chi connectivity index (χ3v) is 4.35. The maximum Gasteiger partial charge on any atom is 0.256 e. The zero-order valence-corrected chi connectivity index (χ0v) is 13.6. The average Bonchev–Trinajstić information content (AvgIpc) is 3.13. The molecule has 2 heterocycles. The highest BCUT2D eigenvalue weighted by atomic mass is 16.5. The highest BCUT2D eigenvalue weighted by molar-refractivity contribution is 5.83. The minimum atomic E-state index is -0.295. The van der Waals surface area contributed by atoms with Crippen LogP contribution in [0.2, 0.25) is 0 Å². The number of aromatic nitrogens is 2. The number of nitrogens with zero attached hydrogens (tertiary/aromatic N) is 2. The van der Waals surface area contributed by atoms with E-state index in [4.69, 9.17) is 13.9 Å². The molecule has 1 aromatic heterocycles. The van der Waals surface area contributed by atoms with Gasteiger partial charge in [0.25, 0.3) is 5.89 Å². The third-order valence-electron chi connectivity index (χ3n) is 4.35. The molecule has 2 atom stereocenters. The first-order valence-corrected chi connectivity index (χ1v) is 8.36. The molecule has 24 heavy (non-hydrogen) atoms. The van der Waals surface area contributed by atoms with Crippen molar-refractivity contribution in [3.05, 3.63) is 54.2 Å². The van der Waals surface area contributed by atoms with Gasteiger partial charge in [0.2, 0.25) is 5.89 Å². The third kappa shape index (κ3) is 3.12. The van der Waals surface area contributed by atoms with Crippen molar-refractivity contribution in [2.45, 2.75) is 31.8 Å². The molecular formula is C19H20N2O3. The lowest BCUT2D eigenvalue weighted by atomic mass is 10.0. The van der Waals surface area contributed by atoms with E-state index >= 15 is 0 Å². The molecule has 5 heteroatoms. The molecule has 0 amide bonds. The van der Waals surface area contributed by atoms with Crippen LogP contribution < -0.4 is 4.74 Å². The highest BCUT2D eigenvalue weighted by Gasteiger charge is 2.24. The van der Waals surface area contributed by atoms with Crippen LogP contribution in [-0.2, 0) is 4.74 Å². The van der Waals surface area contributed by atoms with E-state index in [0.717, 1.165) is 30.6 Å². The maximum atomic E-state index is 5.98. The van der Waals surface area contributed by atoms with Crippen molar-refractivity contribution in [3.63, 3.8) is 0 Å². The molecule has 0 spiro atoms. The number of rotatable bonds is 4. The summed E-state index contributed by atoms with van der Waals surface area (Å²) in [6.45, 7) is 3.39. The lowest BCUT2D eigenvalue weighted by Gasteiger charge is -2.18. The normalized spacial score (nSPS) is 19.3. The van der Waals surface area contributed by atoms with Gasteiger partial charge in [-0.15, -0.1) is 10.2 Å². The molecule has 3 aromatic rings. The van der Waals surface area contributed by atoms with E-state index < -0.39 is 0 Å². The summed E-state index contributed by atoms with van der Waals surface area (Å²) >= 11 is 0. The average molecular weight is 324 g/mol. The van der Waals surface area contributed by atoms with Crippen molar-refractivity contribution in [2.24, 2.45) is 0 Å². The van der Waals surface area contributed by atoms with Crippen LogP contribution >= 0.6 is 0 Å². The van der Waals surface area contributed by atoms with Gasteiger partial charge in [-0.2, -0.15) is 0 Å². The quantitative estimate of drug-likeness (QED) is 0.718.